The Kier molecular flexibility index (Phi) is 7.37. The molecule has 2 aromatic carbocycles. The second-order valence-corrected chi connectivity index (χ2v) is 12.1. The Bertz CT molecular complexity index is 1810. The SMILES string of the molecule is CCc1ccc(C2C(=C(O)c3c(C)nc4ccccn34)C(=O)C(=O)N2c2nnc(SCc3ccc(Cl)cc3)s2)cc1. The first kappa shape index (κ1) is 27.2. The molecular weight excluding hydrogens is 578 g/mol. The van der Waals surface area contributed by atoms with Crippen LogP contribution in [0.4, 0.5) is 5.13 Å². The molecule has 6 rings (SSSR count). The average Bonchev–Trinajstić information content (AvgIpc) is 3.66. The Hall–Kier alpha value is -3.99. The molecule has 1 aliphatic rings. The second-order valence-electron chi connectivity index (χ2n) is 9.50. The Labute approximate surface area is 249 Å². The van der Waals surface area contributed by atoms with Crippen molar-refractivity contribution in [1.29, 1.82) is 0 Å². The number of fused-ring (bicyclic) bond motifs is 1. The van der Waals surface area contributed by atoms with E-state index in [1.165, 1.54) is 28.0 Å². The minimum Gasteiger partial charge on any atom is -0.505 e. The molecule has 0 saturated carbocycles. The molecule has 1 unspecified atom stereocenters. The zero-order chi connectivity index (χ0) is 28.7. The molecule has 206 valence electrons. The number of nitrogens with zero attached hydrogens (tertiary/aromatic N) is 5. The van der Waals surface area contributed by atoms with Crippen LogP contribution < -0.4 is 4.90 Å². The maximum atomic E-state index is 13.6. The van der Waals surface area contributed by atoms with Gasteiger partial charge in [-0.15, -0.1) is 10.2 Å². The monoisotopic (exact) mass is 601 g/mol. The van der Waals surface area contributed by atoms with Crippen molar-refractivity contribution in [2.75, 3.05) is 4.90 Å². The number of anilines is 1. The maximum Gasteiger partial charge on any atom is 0.301 e. The molecule has 1 N–H and O–H groups in total. The molecule has 1 fully saturated rings. The molecule has 41 heavy (non-hydrogen) atoms. The number of aliphatic hydroxyl groups excluding tert-OH is 1. The van der Waals surface area contributed by atoms with Crippen LogP contribution in [0.25, 0.3) is 11.4 Å². The van der Waals surface area contributed by atoms with Crippen LogP contribution in [0.2, 0.25) is 5.02 Å². The van der Waals surface area contributed by atoms with Crippen LogP contribution in [0.1, 0.15) is 41.0 Å². The van der Waals surface area contributed by atoms with E-state index in [4.69, 9.17) is 11.6 Å². The van der Waals surface area contributed by atoms with Crippen LogP contribution in [-0.2, 0) is 21.8 Å². The van der Waals surface area contributed by atoms with Gasteiger partial charge in [0, 0.05) is 17.0 Å². The highest BCUT2D eigenvalue weighted by molar-refractivity contribution is 8.00. The zero-order valence-corrected chi connectivity index (χ0v) is 24.5. The highest BCUT2D eigenvalue weighted by atomic mass is 35.5. The number of pyridine rings is 1. The summed E-state index contributed by atoms with van der Waals surface area (Å²) in [6, 6.07) is 19.8. The van der Waals surface area contributed by atoms with E-state index in [-0.39, 0.29) is 16.5 Å². The van der Waals surface area contributed by atoms with Gasteiger partial charge in [-0.1, -0.05) is 84.1 Å². The molecule has 0 radical (unpaired) electrons. The van der Waals surface area contributed by atoms with E-state index in [0.29, 0.717) is 37.7 Å². The molecule has 5 aromatic rings. The van der Waals surface area contributed by atoms with Crippen LogP contribution in [0.15, 0.2) is 82.8 Å². The van der Waals surface area contributed by atoms with Gasteiger partial charge in [-0.2, -0.15) is 0 Å². The largest absolute Gasteiger partial charge is 0.505 e. The van der Waals surface area contributed by atoms with Gasteiger partial charge in [-0.05, 0) is 54.3 Å². The van der Waals surface area contributed by atoms with Gasteiger partial charge in [0.1, 0.15) is 11.3 Å². The van der Waals surface area contributed by atoms with E-state index in [9.17, 15) is 14.7 Å². The molecule has 0 bridgehead atoms. The van der Waals surface area contributed by atoms with Crippen LogP contribution in [0, 0.1) is 6.92 Å². The number of ketones is 1. The predicted octanol–water partition coefficient (Wildman–Crippen LogP) is 6.63. The number of hydrogen-bond acceptors (Lipinski definition) is 8. The lowest BCUT2D eigenvalue weighted by molar-refractivity contribution is -0.132. The summed E-state index contributed by atoms with van der Waals surface area (Å²) in [5.41, 5.74) is 4.37. The first-order chi connectivity index (χ1) is 19.9. The molecule has 11 heteroatoms. The number of imidazole rings is 1. The van der Waals surface area contributed by atoms with E-state index in [1.54, 1.807) is 17.5 Å². The van der Waals surface area contributed by atoms with Crippen molar-refractivity contribution in [2.24, 2.45) is 0 Å². The van der Waals surface area contributed by atoms with E-state index < -0.39 is 17.7 Å². The van der Waals surface area contributed by atoms with Gasteiger partial charge in [0.15, 0.2) is 10.1 Å². The van der Waals surface area contributed by atoms with Crippen molar-refractivity contribution in [3.8, 4) is 0 Å². The third-order valence-electron chi connectivity index (χ3n) is 6.95. The van der Waals surface area contributed by atoms with Crippen molar-refractivity contribution >= 4 is 62.9 Å². The van der Waals surface area contributed by atoms with Gasteiger partial charge >= 0.3 is 5.91 Å². The van der Waals surface area contributed by atoms with Gasteiger partial charge in [0.05, 0.1) is 17.3 Å². The minimum atomic E-state index is -0.892. The first-order valence-electron chi connectivity index (χ1n) is 12.9. The molecule has 1 aliphatic heterocycles. The van der Waals surface area contributed by atoms with Gasteiger partial charge in [0.25, 0.3) is 5.78 Å². The van der Waals surface area contributed by atoms with E-state index in [2.05, 4.69) is 22.1 Å². The molecule has 1 saturated heterocycles. The molecule has 1 amide bonds. The lowest BCUT2D eigenvalue weighted by Crippen LogP contribution is -2.29. The Morgan fingerprint density at radius 3 is 2.49 bits per heavy atom. The number of Topliss-reactive ketones (excluding diaryl/α,β-unsaturated/α-hetero) is 1. The number of hydrogen-bond donors (Lipinski definition) is 1. The van der Waals surface area contributed by atoms with Crippen molar-refractivity contribution < 1.29 is 14.7 Å². The van der Waals surface area contributed by atoms with Gasteiger partial charge in [-0.25, -0.2) is 4.98 Å². The molecule has 4 heterocycles. The summed E-state index contributed by atoms with van der Waals surface area (Å²) in [5.74, 6) is -1.20. The highest BCUT2D eigenvalue weighted by Gasteiger charge is 2.48. The molecule has 0 aliphatic carbocycles. The highest BCUT2D eigenvalue weighted by Crippen LogP contribution is 2.44. The van der Waals surface area contributed by atoms with Crippen LogP contribution >= 0.6 is 34.7 Å². The number of halogens is 1. The fourth-order valence-corrected chi connectivity index (χ4v) is 6.84. The normalized spacial score (nSPS) is 16.7. The summed E-state index contributed by atoms with van der Waals surface area (Å²) in [5, 5.41) is 21.2. The second kappa shape index (κ2) is 11.1. The van der Waals surface area contributed by atoms with Crippen molar-refractivity contribution in [1.82, 2.24) is 19.6 Å². The number of aliphatic hydroxyl groups is 1. The van der Waals surface area contributed by atoms with Crippen molar-refractivity contribution in [3.05, 3.63) is 112 Å². The Morgan fingerprint density at radius 1 is 1.02 bits per heavy atom. The van der Waals surface area contributed by atoms with Gasteiger partial charge in [-0.3, -0.25) is 18.9 Å². The van der Waals surface area contributed by atoms with Crippen LogP contribution in [0.3, 0.4) is 0 Å². The van der Waals surface area contributed by atoms with Crippen molar-refractivity contribution in [2.45, 2.75) is 36.4 Å². The lowest BCUT2D eigenvalue weighted by Gasteiger charge is -2.22. The van der Waals surface area contributed by atoms with Crippen LogP contribution in [-0.4, -0.2) is 36.4 Å². The molecule has 3 aromatic heterocycles. The predicted molar refractivity (Wildman–Crippen MR) is 161 cm³/mol. The summed E-state index contributed by atoms with van der Waals surface area (Å²) in [7, 11) is 0. The summed E-state index contributed by atoms with van der Waals surface area (Å²) in [4.78, 5) is 33.1. The van der Waals surface area contributed by atoms with E-state index in [1.807, 2.05) is 66.7 Å². The number of benzene rings is 2. The number of aryl methyl sites for hydroxylation is 2. The third-order valence-corrected chi connectivity index (χ3v) is 9.33. The number of thioether (sulfide) groups is 1. The minimum absolute atomic E-state index is 0.0152. The summed E-state index contributed by atoms with van der Waals surface area (Å²) in [6.45, 7) is 3.82. The Morgan fingerprint density at radius 2 is 1.76 bits per heavy atom. The van der Waals surface area contributed by atoms with Gasteiger partial charge in [0.2, 0.25) is 5.13 Å². The average molecular weight is 602 g/mol. The third kappa shape index (κ3) is 5.03. The number of rotatable bonds is 7. The van der Waals surface area contributed by atoms with E-state index >= 15 is 0 Å². The van der Waals surface area contributed by atoms with E-state index in [0.717, 1.165) is 17.5 Å². The fraction of sp³-hybridized carbons (Fsp3) is 0.167. The molecular formula is C30H24ClN5O3S2. The maximum absolute atomic E-state index is 13.6. The number of amides is 1. The molecule has 0 spiro atoms. The fourth-order valence-electron chi connectivity index (χ4n) is 4.89. The standard InChI is InChI=1S/C30H24ClN5O3S2/c1-3-18-7-11-20(12-8-18)25-23(26(37)24-17(2)32-22-6-4-5-15-35(22)24)27(38)28(39)36(25)29-33-34-30(41-29)40-16-19-9-13-21(31)14-10-19/h4-15,25,37H,3,16H2,1-2H3. The molecule has 8 nitrogen and oxygen atoms in total. The van der Waals surface area contributed by atoms with Gasteiger partial charge < -0.3 is 5.11 Å². The van der Waals surface area contributed by atoms with Crippen molar-refractivity contribution in [3.63, 3.8) is 0 Å². The Balaban J connectivity index is 1.43. The zero-order valence-electron chi connectivity index (χ0n) is 22.1. The van der Waals surface area contributed by atoms with Crippen LogP contribution in [0.5, 0.6) is 0 Å². The number of aromatic nitrogens is 4. The quantitative estimate of drug-likeness (QED) is 0.0734. The molecule has 1 atom stereocenters. The summed E-state index contributed by atoms with van der Waals surface area (Å²) in [6.07, 6.45) is 2.60. The number of carbonyl (C=O) groups excluding carboxylic acids is 2. The topological polar surface area (TPSA) is 101 Å². The summed E-state index contributed by atoms with van der Waals surface area (Å²) >= 11 is 8.70. The first-order valence-corrected chi connectivity index (χ1v) is 15.1. The number of carbonyl (C=O) groups is 2. The lowest BCUT2D eigenvalue weighted by atomic mass is 9.95. The smallest absolute Gasteiger partial charge is 0.301 e. The summed E-state index contributed by atoms with van der Waals surface area (Å²) < 4.78 is 2.36.